The van der Waals surface area contributed by atoms with E-state index in [1.54, 1.807) is 6.92 Å². The summed E-state index contributed by atoms with van der Waals surface area (Å²) in [6.07, 6.45) is -0.0390. The van der Waals surface area contributed by atoms with Gasteiger partial charge in [-0.25, -0.2) is 13.2 Å². The van der Waals surface area contributed by atoms with Crippen molar-refractivity contribution >= 4 is 21.8 Å². The standard InChI is InChI=1S/C15H21N3O6S/c1-10-7-8-11(2)17(9-12(10)16-15(19)20)25(23,24)14-6-4-3-5-13(14)18(21)22/h3-6,10-12,16H,7-9H2,1-2H3,(H,19,20)/t10-,11+,12+/m0/s1. The lowest BCUT2D eigenvalue weighted by molar-refractivity contribution is -0.387. The number of hydrogen-bond acceptors (Lipinski definition) is 5. The second-order valence-electron chi connectivity index (χ2n) is 6.26. The summed E-state index contributed by atoms with van der Waals surface area (Å²) >= 11 is 0. The van der Waals surface area contributed by atoms with Crippen LogP contribution < -0.4 is 5.32 Å². The Bertz CT molecular complexity index is 766. The highest BCUT2D eigenvalue weighted by molar-refractivity contribution is 7.89. The summed E-state index contributed by atoms with van der Waals surface area (Å²) in [6.45, 7) is 3.51. The quantitative estimate of drug-likeness (QED) is 0.615. The topological polar surface area (TPSA) is 130 Å². The van der Waals surface area contributed by atoms with Crippen LogP contribution in [0.25, 0.3) is 0 Å². The number of nitro groups is 1. The normalized spacial score (nSPS) is 25.1. The number of nitrogens with one attached hydrogen (secondary N) is 1. The van der Waals surface area contributed by atoms with Crippen LogP contribution in [-0.2, 0) is 10.0 Å². The van der Waals surface area contributed by atoms with E-state index in [2.05, 4.69) is 5.32 Å². The van der Waals surface area contributed by atoms with E-state index in [0.29, 0.717) is 12.8 Å². The third kappa shape index (κ3) is 4.07. The third-order valence-corrected chi connectivity index (χ3v) is 6.58. The summed E-state index contributed by atoms with van der Waals surface area (Å²) in [6, 6.07) is 4.20. The van der Waals surface area contributed by atoms with Crippen LogP contribution >= 0.6 is 0 Å². The smallest absolute Gasteiger partial charge is 0.404 e. The average molecular weight is 371 g/mol. The predicted molar refractivity (Wildman–Crippen MR) is 89.8 cm³/mol. The van der Waals surface area contributed by atoms with Gasteiger partial charge in [0.15, 0.2) is 4.90 Å². The summed E-state index contributed by atoms with van der Waals surface area (Å²) in [4.78, 5) is 21.1. The monoisotopic (exact) mass is 371 g/mol. The number of nitrogens with zero attached hydrogens (tertiary/aromatic N) is 2. The summed E-state index contributed by atoms with van der Waals surface area (Å²) < 4.78 is 27.3. The molecule has 1 heterocycles. The lowest BCUT2D eigenvalue weighted by atomic mass is 9.97. The lowest BCUT2D eigenvalue weighted by Gasteiger charge is -2.29. The van der Waals surface area contributed by atoms with Gasteiger partial charge in [0, 0.05) is 24.7 Å². The Labute approximate surface area is 145 Å². The molecular weight excluding hydrogens is 350 g/mol. The van der Waals surface area contributed by atoms with E-state index < -0.39 is 38.8 Å². The van der Waals surface area contributed by atoms with Gasteiger partial charge in [0.25, 0.3) is 5.69 Å². The first-order valence-corrected chi connectivity index (χ1v) is 9.33. The Morgan fingerprint density at radius 2 is 1.96 bits per heavy atom. The molecule has 3 atom stereocenters. The molecule has 1 amide bonds. The number of hydrogen-bond donors (Lipinski definition) is 2. The molecule has 2 rings (SSSR count). The number of carboxylic acid groups (broad SMARTS) is 1. The van der Waals surface area contributed by atoms with Crippen molar-refractivity contribution in [2.45, 2.75) is 43.7 Å². The number of rotatable bonds is 4. The molecule has 1 aliphatic heterocycles. The zero-order chi connectivity index (χ0) is 18.8. The number of nitro benzene ring substituents is 1. The first-order valence-electron chi connectivity index (χ1n) is 7.89. The zero-order valence-corrected chi connectivity index (χ0v) is 14.8. The molecule has 0 spiro atoms. The average Bonchev–Trinajstić information content (AvgIpc) is 2.68. The van der Waals surface area contributed by atoms with Gasteiger partial charge in [-0.3, -0.25) is 10.1 Å². The molecule has 1 aromatic rings. The van der Waals surface area contributed by atoms with Gasteiger partial charge in [0.2, 0.25) is 10.0 Å². The van der Waals surface area contributed by atoms with Gasteiger partial charge in [-0.1, -0.05) is 19.1 Å². The molecule has 1 aliphatic rings. The fraction of sp³-hybridized carbons (Fsp3) is 0.533. The van der Waals surface area contributed by atoms with E-state index in [4.69, 9.17) is 5.11 Å². The molecule has 0 unspecified atom stereocenters. The molecule has 10 heteroatoms. The summed E-state index contributed by atoms with van der Waals surface area (Å²) in [5.74, 6) is -0.0514. The van der Waals surface area contributed by atoms with Gasteiger partial charge in [0.1, 0.15) is 0 Å². The van der Waals surface area contributed by atoms with E-state index in [9.17, 15) is 23.3 Å². The molecule has 25 heavy (non-hydrogen) atoms. The molecule has 0 radical (unpaired) electrons. The summed E-state index contributed by atoms with van der Waals surface area (Å²) in [7, 11) is -4.14. The molecule has 1 fully saturated rings. The van der Waals surface area contributed by atoms with Gasteiger partial charge < -0.3 is 10.4 Å². The molecule has 1 aromatic carbocycles. The summed E-state index contributed by atoms with van der Waals surface area (Å²) in [5, 5.41) is 22.6. The van der Waals surface area contributed by atoms with Crippen molar-refractivity contribution in [2.24, 2.45) is 5.92 Å². The molecule has 2 N–H and O–H groups in total. The van der Waals surface area contributed by atoms with Crippen molar-refractivity contribution in [3.05, 3.63) is 34.4 Å². The van der Waals surface area contributed by atoms with Crippen molar-refractivity contribution in [2.75, 3.05) is 6.54 Å². The minimum atomic E-state index is -4.14. The fourth-order valence-corrected chi connectivity index (χ4v) is 4.88. The Morgan fingerprint density at radius 3 is 2.56 bits per heavy atom. The van der Waals surface area contributed by atoms with E-state index in [1.165, 1.54) is 22.5 Å². The minimum absolute atomic E-state index is 0.0514. The van der Waals surface area contributed by atoms with Crippen molar-refractivity contribution in [1.82, 2.24) is 9.62 Å². The highest BCUT2D eigenvalue weighted by atomic mass is 32.2. The van der Waals surface area contributed by atoms with Gasteiger partial charge in [0.05, 0.1) is 4.92 Å². The number of benzene rings is 1. The molecule has 0 aliphatic carbocycles. The van der Waals surface area contributed by atoms with E-state index >= 15 is 0 Å². The number of carbonyl (C=O) groups is 1. The summed E-state index contributed by atoms with van der Waals surface area (Å²) in [5.41, 5.74) is -0.491. The maximum absolute atomic E-state index is 13.1. The predicted octanol–water partition coefficient (Wildman–Crippen LogP) is 2.04. The molecule has 9 nitrogen and oxygen atoms in total. The zero-order valence-electron chi connectivity index (χ0n) is 14.0. The van der Waals surface area contributed by atoms with E-state index in [0.717, 1.165) is 6.07 Å². The molecule has 0 bridgehead atoms. The van der Waals surface area contributed by atoms with Crippen LogP contribution in [0, 0.1) is 16.0 Å². The van der Waals surface area contributed by atoms with Crippen LogP contribution in [0.3, 0.4) is 0 Å². The first kappa shape index (κ1) is 19.1. The van der Waals surface area contributed by atoms with Crippen LogP contribution in [0.1, 0.15) is 26.7 Å². The lowest BCUT2D eigenvalue weighted by Crippen LogP contribution is -2.48. The van der Waals surface area contributed by atoms with Crippen molar-refractivity contribution < 1.29 is 23.2 Å². The van der Waals surface area contributed by atoms with Gasteiger partial charge in [-0.2, -0.15) is 4.31 Å². The second-order valence-corrected chi connectivity index (χ2v) is 8.12. The van der Waals surface area contributed by atoms with Gasteiger partial charge in [-0.15, -0.1) is 0 Å². The maximum atomic E-state index is 13.1. The number of amides is 1. The highest BCUT2D eigenvalue weighted by Gasteiger charge is 2.39. The van der Waals surface area contributed by atoms with Gasteiger partial charge >= 0.3 is 6.09 Å². The van der Waals surface area contributed by atoms with Crippen LogP contribution in [0.2, 0.25) is 0 Å². The first-order chi connectivity index (χ1) is 11.6. The Morgan fingerprint density at radius 1 is 1.32 bits per heavy atom. The molecule has 0 aromatic heterocycles. The Hall–Kier alpha value is -2.20. The molecule has 0 saturated carbocycles. The van der Waals surface area contributed by atoms with Crippen molar-refractivity contribution in [3.63, 3.8) is 0 Å². The largest absolute Gasteiger partial charge is 0.465 e. The van der Waals surface area contributed by atoms with Crippen LogP contribution in [0.15, 0.2) is 29.2 Å². The Kier molecular flexibility index (Phi) is 5.63. The molecule has 138 valence electrons. The number of sulfonamides is 1. The maximum Gasteiger partial charge on any atom is 0.404 e. The highest BCUT2D eigenvalue weighted by Crippen LogP contribution is 2.31. The SMILES string of the molecule is C[C@@H]1CC[C@H](C)[C@H](NC(=O)O)CN1S(=O)(=O)c1ccccc1[N+](=O)[O-]. The van der Waals surface area contributed by atoms with E-state index in [-0.39, 0.29) is 17.4 Å². The van der Waals surface area contributed by atoms with Gasteiger partial charge in [-0.05, 0) is 31.7 Å². The van der Waals surface area contributed by atoms with E-state index in [1.807, 2.05) is 6.92 Å². The second kappa shape index (κ2) is 7.36. The minimum Gasteiger partial charge on any atom is -0.465 e. The van der Waals surface area contributed by atoms with Crippen molar-refractivity contribution in [3.8, 4) is 0 Å². The molecule has 1 saturated heterocycles. The van der Waals surface area contributed by atoms with Crippen LogP contribution in [-0.4, -0.2) is 47.5 Å². The number of para-hydroxylation sites is 1. The molecular formula is C15H21N3O6S. The van der Waals surface area contributed by atoms with Crippen LogP contribution in [0.4, 0.5) is 10.5 Å². The van der Waals surface area contributed by atoms with Crippen molar-refractivity contribution in [1.29, 1.82) is 0 Å². The fourth-order valence-electron chi connectivity index (χ4n) is 3.04. The third-order valence-electron chi connectivity index (χ3n) is 4.55. The van der Waals surface area contributed by atoms with Crippen LogP contribution in [0.5, 0.6) is 0 Å². The Balaban J connectivity index is 2.45.